The predicted octanol–water partition coefficient (Wildman–Crippen LogP) is 1.92. The number of carbonyl (C=O) groups is 1. The second-order valence-corrected chi connectivity index (χ2v) is 7.03. The molecule has 1 aromatic rings. The summed E-state index contributed by atoms with van der Waals surface area (Å²) in [6.07, 6.45) is 4.95. The van der Waals surface area contributed by atoms with Gasteiger partial charge in [0.15, 0.2) is 0 Å². The first-order chi connectivity index (χ1) is 12.1. The third-order valence-electron chi connectivity index (χ3n) is 5.22. The SMILES string of the molecule is COc1c(C)cnc(CN2CCOC(C(=O)N3CCCCC3)C2)c1C. The average molecular weight is 347 g/mol. The summed E-state index contributed by atoms with van der Waals surface area (Å²) < 4.78 is 11.3. The molecule has 6 nitrogen and oxygen atoms in total. The lowest BCUT2D eigenvalue weighted by Crippen LogP contribution is -2.51. The maximum atomic E-state index is 12.7. The molecule has 0 spiro atoms. The van der Waals surface area contributed by atoms with Crippen LogP contribution in [0.1, 0.15) is 36.1 Å². The lowest BCUT2D eigenvalue weighted by atomic mass is 10.1. The average Bonchev–Trinajstić information content (AvgIpc) is 2.65. The van der Waals surface area contributed by atoms with Gasteiger partial charge in [0.2, 0.25) is 0 Å². The molecule has 0 radical (unpaired) electrons. The van der Waals surface area contributed by atoms with Gasteiger partial charge < -0.3 is 14.4 Å². The summed E-state index contributed by atoms with van der Waals surface area (Å²) in [5.41, 5.74) is 3.13. The molecule has 1 aromatic heterocycles. The van der Waals surface area contributed by atoms with Crippen LogP contribution in [0.2, 0.25) is 0 Å². The standard InChI is InChI=1S/C19H29N3O3/c1-14-11-20-16(15(2)18(14)24-3)12-21-9-10-25-17(13-21)19(23)22-7-5-4-6-8-22/h11,17H,4-10,12-13H2,1-3H3. The summed E-state index contributed by atoms with van der Waals surface area (Å²) in [7, 11) is 1.70. The molecule has 0 aliphatic carbocycles. The highest BCUT2D eigenvalue weighted by atomic mass is 16.5. The molecule has 1 atom stereocenters. The van der Waals surface area contributed by atoms with Gasteiger partial charge in [0.25, 0.3) is 5.91 Å². The highest BCUT2D eigenvalue weighted by Gasteiger charge is 2.31. The molecule has 3 heterocycles. The van der Waals surface area contributed by atoms with E-state index in [0.29, 0.717) is 13.2 Å². The van der Waals surface area contributed by atoms with E-state index >= 15 is 0 Å². The topological polar surface area (TPSA) is 54.9 Å². The van der Waals surface area contributed by atoms with Crippen molar-refractivity contribution in [2.24, 2.45) is 0 Å². The lowest BCUT2D eigenvalue weighted by molar-refractivity contribution is -0.150. The summed E-state index contributed by atoms with van der Waals surface area (Å²) in [5.74, 6) is 1.05. The Morgan fingerprint density at radius 1 is 1.28 bits per heavy atom. The molecule has 2 fully saturated rings. The van der Waals surface area contributed by atoms with Gasteiger partial charge in [-0.25, -0.2) is 0 Å². The predicted molar refractivity (Wildman–Crippen MR) is 95.7 cm³/mol. The minimum Gasteiger partial charge on any atom is -0.496 e. The summed E-state index contributed by atoms with van der Waals surface area (Å²) >= 11 is 0. The van der Waals surface area contributed by atoms with Crippen molar-refractivity contribution in [3.05, 3.63) is 23.0 Å². The first-order valence-electron chi connectivity index (χ1n) is 9.22. The molecule has 0 bridgehead atoms. The number of piperidine rings is 1. The molecule has 2 saturated heterocycles. The van der Waals surface area contributed by atoms with E-state index in [-0.39, 0.29) is 12.0 Å². The number of methoxy groups -OCH3 is 1. The van der Waals surface area contributed by atoms with Crippen LogP contribution in [0.4, 0.5) is 0 Å². The molecule has 2 aliphatic heterocycles. The van der Waals surface area contributed by atoms with Crippen LogP contribution in [-0.4, -0.2) is 66.7 Å². The summed E-state index contributed by atoms with van der Waals surface area (Å²) in [6.45, 7) is 8.55. The van der Waals surface area contributed by atoms with Gasteiger partial charge in [0, 0.05) is 50.0 Å². The fourth-order valence-corrected chi connectivity index (χ4v) is 3.76. The molecular formula is C19H29N3O3. The second-order valence-electron chi connectivity index (χ2n) is 7.03. The number of nitrogens with zero attached hydrogens (tertiary/aromatic N) is 3. The lowest BCUT2D eigenvalue weighted by Gasteiger charge is -2.36. The zero-order valence-electron chi connectivity index (χ0n) is 15.6. The molecule has 6 heteroatoms. The molecular weight excluding hydrogens is 318 g/mol. The maximum Gasteiger partial charge on any atom is 0.253 e. The second kappa shape index (κ2) is 8.15. The van der Waals surface area contributed by atoms with Crippen molar-refractivity contribution in [1.82, 2.24) is 14.8 Å². The Labute approximate surface area is 150 Å². The molecule has 3 rings (SSSR count). The van der Waals surface area contributed by atoms with Crippen LogP contribution in [0, 0.1) is 13.8 Å². The summed E-state index contributed by atoms with van der Waals surface area (Å²) in [4.78, 5) is 21.5. The van der Waals surface area contributed by atoms with Crippen molar-refractivity contribution >= 4 is 5.91 Å². The number of aryl methyl sites for hydroxylation is 1. The molecule has 0 N–H and O–H groups in total. The van der Waals surface area contributed by atoms with Crippen LogP contribution in [0.25, 0.3) is 0 Å². The quantitative estimate of drug-likeness (QED) is 0.833. The fourth-order valence-electron chi connectivity index (χ4n) is 3.76. The normalized spacial score (nSPS) is 22.0. The van der Waals surface area contributed by atoms with Crippen molar-refractivity contribution in [1.29, 1.82) is 0 Å². The number of hydrogen-bond acceptors (Lipinski definition) is 5. The number of likely N-dealkylation sites (tertiary alicyclic amines) is 1. The molecule has 138 valence electrons. The zero-order valence-corrected chi connectivity index (χ0v) is 15.6. The number of carbonyl (C=O) groups excluding carboxylic acids is 1. The van der Waals surface area contributed by atoms with E-state index in [1.807, 2.05) is 24.9 Å². The minimum absolute atomic E-state index is 0.149. The Hall–Kier alpha value is -1.66. The third kappa shape index (κ3) is 4.12. The van der Waals surface area contributed by atoms with Gasteiger partial charge in [-0.1, -0.05) is 0 Å². The number of aromatic nitrogens is 1. The maximum absolute atomic E-state index is 12.7. The monoisotopic (exact) mass is 347 g/mol. The van der Waals surface area contributed by atoms with Gasteiger partial charge in [-0.15, -0.1) is 0 Å². The molecule has 1 unspecified atom stereocenters. The number of rotatable bonds is 4. The Bertz CT molecular complexity index is 614. The zero-order chi connectivity index (χ0) is 17.8. The van der Waals surface area contributed by atoms with Crippen molar-refractivity contribution < 1.29 is 14.3 Å². The summed E-state index contributed by atoms with van der Waals surface area (Å²) in [5, 5.41) is 0. The fraction of sp³-hybridized carbons (Fsp3) is 0.684. The number of ether oxygens (including phenoxy) is 2. The largest absolute Gasteiger partial charge is 0.496 e. The van der Waals surface area contributed by atoms with E-state index in [1.165, 1.54) is 6.42 Å². The number of hydrogen-bond donors (Lipinski definition) is 0. The molecule has 25 heavy (non-hydrogen) atoms. The molecule has 1 amide bonds. The van der Waals surface area contributed by atoms with E-state index in [2.05, 4.69) is 9.88 Å². The third-order valence-corrected chi connectivity index (χ3v) is 5.22. The van der Waals surface area contributed by atoms with E-state index in [4.69, 9.17) is 9.47 Å². The summed E-state index contributed by atoms with van der Waals surface area (Å²) in [6, 6.07) is 0. The number of amides is 1. The number of pyridine rings is 1. The Morgan fingerprint density at radius 2 is 2.04 bits per heavy atom. The van der Waals surface area contributed by atoms with Crippen LogP contribution in [-0.2, 0) is 16.1 Å². The Kier molecular flexibility index (Phi) is 5.91. The van der Waals surface area contributed by atoms with Crippen LogP contribution < -0.4 is 4.74 Å². The van der Waals surface area contributed by atoms with Crippen molar-refractivity contribution in [3.63, 3.8) is 0 Å². The van der Waals surface area contributed by atoms with E-state index in [0.717, 1.165) is 61.6 Å². The van der Waals surface area contributed by atoms with Gasteiger partial charge in [0.1, 0.15) is 11.9 Å². The Balaban J connectivity index is 1.65. The van der Waals surface area contributed by atoms with Gasteiger partial charge in [-0.05, 0) is 33.1 Å². The van der Waals surface area contributed by atoms with E-state index in [9.17, 15) is 4.79 Å². The number of morpholine rings is 1. The van der Waals surface area contributed by atoms with E-state index in [1.54, 1.807) is 7.11 Å². The molecule has 0 aromatic carbocycles. The van der Waals surface area contributed by atoms with Gasteiger partial charge in [0.05, 0.1) is 19.4 Å². The van der Waals surface area contributed by atoms with Crippen molar-refractivity contribution in [3.8, 4) is 5.75 Å². The van der Waals surface area contributed by atoms with Gasteiger partial charge >= 0.3 is 0 Å². The Morgan fingerprint density at radius 3 is 2.76 bits per heavy atom. The molecule has 2 aliphatic rings. The van der Waals surface area contributed by atoms with Crippen molar-refractivity contribution in [2.75, 3.05) is 39.9 Å². The smallest absolute Gasteiger partial charge is 0.253 e. The van der Waals surface area contributed by atoms with Crippen LogP contribution >= 0.6 is 0 Å². The van der Waals surface area contributed by atoms with Gasteiger partial charge in [-0.2, -0.15) is 0 Å². The van der Waals surface area contributed by atoms with Crippen molar-refractivity contribution in [2.45, 2.75) is 45.8 Å². The van der Waals surface area contributed by atoms with Crippen LogP contribution in [0.5, 0.6) is 5.75 Å². The first kappa shape index (κ1) is 18.1. The van der Waals surface area contributed by atoms with Gasteiger partial charge in [-0.3, -0.25) is 14.7 Å². The highest BCUT2D eigenvalue weighted by molar-refractivity contribution is 5.81. The van der Waals surface area contributed by atoms with E-state index < -0.39 is 0 Å². The minimum atomic E-state index is -0.348. The highest BCUT2D eigenvalue weighted by Crippen LogP contribution is 2.25. The van der Waals surface area contributed by atoms with Crippen LogP contribution in [0.3, 0.4) is 0 Å². The molecule has 0 saturated carbocycles. The first-order valence-corrected chi connectivity index (χ1v) is 9.22. The van der Waals surface area contributed by atoms with Crippen LogP contribution in [0.15, 0.2) is 6.20 Å².